The normalized spacial score (nSPS) is 17.7. The lowest BCUT2D eigenvalue weighted by Crippen LogP contribution is -2.41. The van der Waals surface area contributed by atoms with E-state index in [9.17, 15) is 13.2 Å². The zero-order valence-corrected chi connectivity index (χ0v) is 18.1. The summed E-state index contributed by atoms with van der Waals surface area (Å²) in [5.41, 5.74) is 0.785. The smallest absolute Gasteiger partial charge is 0.338 e. The summed E-state index contributed by atoms with van der Waals surface area (Å²) in [4.78, 5) is 13.5. The van der Waals surface area contributed by atoms with E-state index in [0.29, 0.717) is 18.0 Å². The minimum Gasteiger partial charge on any atom is -0.455 e. The quantitative estimate of drug-likeness (QED) is 0.524. The number of nitrogens with zero attached hydrogens (tertiary/aromatic N) is 2. The number of hydrogen-bond donors (Lipinski definition) is 0. The van der Waals surface area contributed by atoms with E-state index in [1.54, 1.807) is 10.4 Å². The van der Waals surface area contributed by atoms with Gasteiger partial charge in [0.05, 0.1) is 15.3 Å². The maximum absolute atomic E-state index is 12.9. The molecule has 1 aliphatic heterocycles. The Morgan fingerprint density at radius 3 is 2.77 bits per heavy atom. The fourth-order valence-corrected chi connectivity index (χ4v) is 5.84. The van der Waals surface area contributed by atoms with Crippen LogP contribution in [0, 0.1) is 0 Å². The van der Waals surface area contributed by atoms with Gasteiger partial charge in [0.15, 0.2) is 5.76 Å². The van der Waals surface area contributed by atoms with Crippen molar-refractivity contribution in [2.45, 2.75) is 43.7 Å². The van der Waals surface area contributed by atoms with Crippen molar-refractivity contribution in [1.29, 1.82) is 0 Å². The number of piperidine rings is 1. The summed E-state index contributed by atoms with van der Waals surface area (Å²) in [6.45, 7) is 2.42. The molecule has 9 heteroatoms. The molecule has 30 heavy (non-hydrogen) atoms. The van der Waals surface area contributed by atoms with Gasteiger partial charge in [0.2, 0.25) is 10.0 Å². The van der Waals surface area contributed by atoms with Crippen LogP contribution in [0.15, 0.2) is 57.3 Å². The lowest BCUT2D eigenvalue weighted by atomic mass is 10.1. The first kappa shape index (κ1) is 20.8. The molecule has 1 aliphatic rings. The fraction of sp³-hybridized carbons (Fsp3) is 0.333. The summed E-state index contributed by atoms with van der Waals surface area (Å²) in [7, 11) is -3.57. The molecule has 3 aromatic rings. The Labute approximate surface area is 179 Å². The number of carbonyl (C=O) groups is 1. The molecular weight excluding hydrogens is 424 g/mol. The van der Waals surface area contributed by atoms with Crippen LogP contribution in [0.3, 0.4) is 0 Å². The van der Waals surface area contributed by atoms with Crippen LogP contribution in [0.5, 0.6) is 0 Å². The largest absolute Gasteiger partial charge is 0.455 e. The zero-order valence-electron chi connectivity index (χ0n) is 16.5. The lowest BCUT2D eigenvalue weighted by Gasteiger charge is -2.32. The first-order chi connectivity index (χ1) is 14.4. The Balaban J connectivity index is 1.39. The van der Waals surface area contributed by atoms with Crippen LogP contribution in [0.1, 0.15) is 42.2 Å². The topological polar surface area (TPSA) is 89.7 Å². The lowest BCUT2D eigenvalue weighted by molar-refractivity contribution is 0.0464. The van der Waals surface area contributed by atoms with Gasteiger partial charge in [-0.25, -0.2) is 13.2 Å². The summed E-state index contributed by atoms with van der Waals surface area (Å²) in [5, 5.41) is 5.85. The SMILES string of the molecule is C[C@H]1CCCCN1S(=O)(=O)c1ccc(C(=O)OCc2cc(-c3cccs3)on2)cc1. The van der Waals surface area contributed by atoms with Crippen LogP contribution >= 0.6 is 11.3 Å². The number of benzene rings is 1. The number of carbonyl (C=O) groups excluding carboxylic acids is 1. The van der Waals surface area contributed by atoms with Gasteiger partial charge in [0.1, 0.15) is 12.3 Å². The number of aromatic nitrogens is 1. The van der Waals surface area contributed by atoms with E-state index in [1.807, 2.05) is 24.4 Å². The van der Waals surface area contributed by atoms with Gasteiger partial charge in [-0.05, 0) is 55.5 Å². The number of thiophene rings is 1. The average molecular weight is 447 g/mol. The van der Waals surface area contributed by atoms with Crippen molar-refractivity contribution in [3.05, 3.63) is 59.1 Å². The molecule has 4 rings (SSSR count). The molecule has 2 aromatic heterocycles. The van der Waals surface area contributed by atoms with Crippen molar-refractivity contribution in [1.82, 2.24) is 9.46 Å². The summed E-state index contributed by atoms with van der Waals surface area (Å²) in [5.74, 6) is 0.0727. The average Bonchev–Trinajstić information content (AvgIpc) is 3.44. The van der Waals surface area contributed by atoms with Crippen LogP contribution in [-0.4, -0.2) is 36.4 Å². The summed E-state index contributed by atoms with van der Waals surface area (Å²) >= 11 is 1.53. The third-order valence-electron chi connectivity index (χ3n) is 5.11. The Bertz CT molecular complexity index is 1100. The minimum atomic E-state index is -3.57. The standard InChI is InChI=1S/C21H22N2O5S2/c1-15-5-2-3-11-23(15)30(25,26)18-9-7-16(8-10-18)21(24)27-14-17-13-19(28-22-17)20-6-4-12-29-20/h4,6-10,12-13,15H,2-3,5,11,14H2,1H3/t15-/m0/s1. The van der Waals surface area contributed by atoms with E-state index in [4.69, 9.17) is 9.26 Å². The van der Waals surface area contributed by atoms with Gasteiger partial charge >= 0.3 is 5.97 Å². The zero-order chi connectivity index (χ0) is 21.1. The van der Waals surface area contributed by atoms with Crippen molar-refractivity contribution in [3.63, 3.8) is 0 Å². The molecule has 0 N–H and O–H groups in total. The Kier molecular flexibility index (Phi) is 6.03. The first-order valence-electron chi connectivity index (χ1n) is 9.73. The second-order valence-corrected chi connectivity index (χ2v) is 10.1. The van der Waals surface area contributed by atoms with Crippen LogP contribution in [0.25, 0.3) is 10.6 Å². The number of sulfonamides is 1. The van der Waals surface area contributed by atoms with Gasteiger partial charge in [-0.2, -0.15) is 4.31 Å². The highest BCUT2D eigenvalue weighted by Gasteiger charge is 2.31. The van der Waals surface area contributed by atoms with Gasteiger partial charge in [0, 0.05) is 18.7 Å². The molecule has 0 saturated carbocycles. The van der Waals surface area contributed by atoms with Crippen molar-refractivity contribution >= 4 is 27.3 Å². The molecule has 1 aromatic carbocycles. The third-order valence-corrected chi connectivity index (χ3v) is 8.02. The molecule has 7 nitrogen and oxygen atoms in total. The molecule has 0 aliphatic carbocycles. The second kappa shape index (κ2) is 8.71. The number of rotatable bonds is 6. The van der Waals surface area contributed by atoms with E-state index in [0.717, 1.165) is 24.1 Å². The van der Waals surface area contributed by atoms with Crippen LogP contribution in [0.4, 0.5) is 0 Å². The molecule has 3 heterocycles. The fourth-order valence-electron chi connectivity index (χ4n) is 3.46. The summed E-state index contributed by atoms with van der Waals surface area (Å²) in [6, 6.07) is 11.4. The van der Waals surface area contributed by atoms with Crippen molar-refractivity contribution in [3.8, 4) is 10.6 Å². The highest BCUT2D eigenvalue weighted by atomic mass is 32.2. The highest BCUT2D eigenvalue weighted by molar-refractivity contribution is 7.89. The maximum Gasteiger partial charge on any atom is 0.338 e. The molecular formula is C21H22N2O5S2. The molecule has 0 radical (unpaired) electrons. The Morgan fingerprint density at radius 2 is 2.07 bits per heavy atom. The molecule has 0 unspecified atom stereocenters. The molecule has 0 amide bonds. The molecule has 0 spiro atoms. The van der Waals surface area contributed by atoms with Crippen molar-refractivity contribution in [2.75, 3.05) is 6.54 Å². The highest BCUT2D eigenvalue weighted by Crippen LogP contribution is 2.26. The molecule has 0 bridgehead atoms. The predicted octanol–water partition coefficient (Wildman–Crippen LogP) is 4.32. The molecule has 1 saturated heterocycles. The second-order valence-electron chi connectivity index (χ2n) is 7.22. The van der Waals surface area contributed by atoms with Gasteiger partial charge in [-0.1, -0.05) is 17.6 Å². The number of hydrogen-bond acceptors (Lipinski definition) is 7. The van der Waals surface area contributed by atoms with Gasteiger partial charge in [-0.3, -0.25) is 0 Å². The van der Waals surface area contributed by atoms with Gasteiger partial charge < -0.3 is 9.26 Å². The number of esters is 1. The van der Waals surface area contributed by atoms with E-state index in [2.05, 4.69) is 5.16 Å². The molecule has 1 atom stereocenters. The van der Waals surface area contributed by atoms with E-state index < -0.39 is 16.0 Å². The Morgan fingerprint density at radius 1 is 1.27 bits per heavy atom. The first-order valence-corrected chi connectivity index (χ1v) is 12.1. The van der Waals surface area contributed by atoms with Crippen LogP contribution in [0.2, 0.25) is 0 Å². The Hall–Kier alpha value is -2.49. The molecule has 158 valence electrons. The van der Waals surface area contributed by atoms with Crippen LogP contribution < -0.4 is 0 Å². The van der Waals surface area contributed by atoms with Gasteiger partial charge in [0.25, 0.3) is 0 Å². The number of ether oxygens (including phenoxy) is 1. The monoisotopic (exact) mass is 446 g/mol. The van der Waals surface area contributed by atoms with E-state index in [1.165, 1.54) is 35.6 Å². The van der Waals surface area contributed by atoms with E-state index >= 15 is 0 Å². The summed E-state index contributed by atoms with van der Waals surface area (Å²) < 4.78 is 37.9. The van der Waals surface area contributed by atoms with Crippen LogP contribution in [-0.2, 0) is 21.4 Å². The van der Waals surface area contributed by atoms with Crippen molar-refractivity contribution in [2.24, 2.45) is 0 Å². The van der Waals surface area contributed by atoms with Gasteiger partial charge in [-0.15, -0.1) is 11.3 Å². The predicted molar refractivity (Wildman–Crippen MR) is 113 cm³/mol. The molecule has 1 fully saturated rings. The third kappa shape index (κ3) is 4.33. The van der Waals surface area contributed by atoms with Crippen molar-refractivity contribution < 1.29 is 22.5 Å². The summed E-state index contributed by atoms with van der Waals surface area (Å²) in [6.07, 6.45) is 2.77. The maximum atomic E-state index is 12.9. The van der Waals surface area contributed by atoms with E-state index in [-0.39, 0.29) is 23.1 Å². The minimum absolute atomic E-state index is 0.0186.